The quantitative estimate of drug-likeness (QED) is 0.737. The fourth-order valence-corrected chi connectivity index (χ4v) is 1.48. The summed E-state index contributed by atoms with van der Waals surface area (Å²) in [5.41, 5.74) is 1.74. The second-order valence-electron chi connectivity index (χ2n) is 4.01. The minimum atomic E-state index is -0.847. The summed E-state index contributed by atoms with van der Waals surface area (Å²) < 4.78 is 4.60. The first-order valence-electron chi connectivity index (χ1n) is 5.63. The topological polar surface area (TPSA) is 75.6 Å². The predicted octanol–water partition coefficient (Wildman–Crippen LogP) is 0.965. The van der Waals surface area contributed by atoms with Gasteiger partial charge in [-0.1, -0.05) is 24.3 Å². The maximum atomic E-state index is 11.2. The van der Waals surface area contributed by atoms with Gasteiger partial charge in [-0.3, -0.25) is 9.59 Å². The Morgan fingerprint density at radius 3 is 2.33 bits per heavy atom. The molecule has 18 heavy (non-hydrogen) atoms. The predicted molar refractivity (Wildman–Crippen MR) is 66.1 cm³/mol. The number of hydrogen-bond donors (Lipinski definition) is 2. The maximum Gasteiger partial charge on any atom is 0.322 e. The molecule has 0 radical (unpaired) electrons. The van der Waals surface area contributed by atoms with E-state index in [2.05, 4.69) is 10.1 Å². The van der Waals surface area contributed by atoms with Crippen LogP contribution in [0, 0.1) is 0 Å². The van der Waals surface area contributed by atoms with Gasteiger partial charge in [-0.05, 0) is 18.1 Å². The lowest BCUT2D eigenvalue weighted by Crippen LogP contribution is -2.34. The smallest absolute Gasteiger partial charge is 0.322 e. The molecule has 0 heterocycles. The molecular weight excluding hydrogens is 234 g/mol. The normalized spacial score (nSPS) is 11.9. The number of methoxy groups -OCH3 is 1. The van der Waals surface area contributed by atoms with Crippen LogP contribution < -0.4 is 5.32 Å². The van der Waals surface area contributed by atoms with Crippen LogP contribution in [0.5, 0.6) is 0 Å². The van der Waals surface area contributed by atoms with Crippen LogP contribution in [0.15, 0.2) is 24.3 Å². The summed E-state index contributed by atoms with van der Waals surface area (Å²) >= 11 is 0. The summed E-state index contributed by atoms with van der Waals surface area (Å²) in [4.78, 5) is 21.7. The Morgan fingerprint density at radius 2 is 1.83 bits per heavy atom. The fraction of sp³-hybridized carbons (Fsp3) is 0.385. The lowest BCUT2D eigenvalue weighted by molar-refractivity contribution is -0.142. The third kappa shape index (κ3) is 4.55. The van der Waals surface area contributed by atoms with Crippen molar-refractivity contribution in [2.45, 2.75) is 25.9 Å². The second-order valence-corrected chi connectivity index (χ2v) is 4.01. The van der Waals surface area contributed by atoms with Gasteiger partial charge in [-0.25, -0.2) is 0 Å². The highest BCUT2D eigenvalue weighted by molar-refractivity contribution is 5.75. The zero-order valence-corrected chi connectivity index (χ0v) is 10.5. The molecule has 0 spiro atoms. The molecule has 1 atom stereocenters. The lowest BCUT2D eigenvalue weighted by atomic mass is 10.1. The van der Waals surface area contributed by atoms with E-state index in [1.54, 1.807) is 19.1 Å². The van der Waals surface area contributed by atoms with E-state index >= 15 is 0 Å². The van der Waals surface area contributed by atoms with Gasteiger partial charge in [0.15, 0.2) is 0 Å². The Labute approximate surface area is 106 Å². The standard InChI is InChI=1S/C13H17NO4/c1-9(13(17)18-2)14-8-11-5-3-10(4-6-11)7-12(15)16/h3-6,9,14H,7-8H2,1-2H3,(H,15,16). The van der Waals surface area contributed by atoms with Crippen LogP contribution in [0.25, 0.3) is 0 Å². The van der Waals surface area contributed by atoms with Crippen molar-refractivity contribution in [1.82, 2.24) is 5.32 Å². The average molecular weight is 251 g/mol. The molecule has 0 saturated carbocycles. The number of aliphatic carboxylic acids is 1. The lowest BCUT2D eigenvalue weighted by Gasteiger charge is -2.11. The van der Waals surface area contributed by atoms with Crippen LogP contribution in [0.3, 0.4) is 0 Å². The van der Waals surface area contributed by atoms with Crippen molar-refractivity contribution in [2.75, 3.05) is 7.11 Å². The van der Waals surface area contributed by atoms with Gasteiger partial charge in [-0.15, -0.1) is 0 Å². The summed E-state index contributed by atoms with van der Waals surface area (Å²) in [5, 5.41) is 11.7. The molecule has 98 valence electrons. The van der Waals surface area contributed by atoms with E-state index in [0.717, 1.165) is 11.1 Å². The van der Waals surface area contributed by atoms with Crippen molar-refractivity contribution in [3.8, 4) is 0 Å². The number of carbonyl (C=O) groups excluding carboxylic acids is 1. The van der Waals surface area contributed by atoms with E-state index in [0.29, 0.717) is 6.54 Å². The van der Waals surface area contributed by atoms with E-state index in [1.807, 2.05) is 12.1 Å². The molecule has 0 aliphatic rings. The minimum absolute atomic E-state index is 0.0201. The summed E-state index contributed by atoms with van der Waals surface area (Å²) in [6.45, 7) is 2.26. The van der Waals surface area contributed by atoms with E-state index in [4.69, 9.17) is 5.11 Å². The number of benzene rings is 1. The third-order valence-electron chi connectivity index (χ3n) is 2.55. The van der Waals surface area contributed by atoms with Crippen molar-refractivity contribution in [2.24, 2.45) is 0 Å². The van der Waals surface area contributed by atoms with Crippen LogP contribution in [-0.4, -0.2) is 30.2 Å². The number of esters is 1. The van der Waals surface area contributed by atoms with Crippen LogP contribution in [0.1, 0.15) is 18.1 Å². The van der Waals surface area contributed by atoms with Crippen molar-refractivity contribution >= 4 is 11.9 Å². The van der Waals surface area contributed by atoms with E-state index in [1.165, 1.54) is 7.11 Å². The van der Waals surface area contributed by atoms with Crippen LogP contribution in [0.2, 0.25) is 0 Å². The van der Waals surface area contributed by atoms with Gasteiger partial charge in [0.25, 0.3) is 0 Å². The Balaban J connectivity index is 2.48. The molecule has 0 aliphatic carbocycles. The third-order valence-corrected chi connectivity index (χ3v) is 2.55. The molecule has 1 aromatic rings. The molecule has 0 bridgehead atoms. The first kappa shape index (κ1) is 14.2. The maximum absolute atomic E-state index is 11.2. The number of carboxylic acid groups (broad SMARTS) is 1. The van der Waals surface area contributed by atoms with Crippen LogP contribution in [-0.2, 0) is 27.3 Å². The van der Waals surface area contributed by atoms with Gasteiger partial charge in [0.2, 0.25) is 0 Å². The van der Waals surface area contributed by atoms with Gasteiger partial charge in [0, 0.05) is 6.54 Å². The van der Waals surface area contributed by atoms with Crippen LogP contribution in [0.4, 0.5) is 0 Å². The largest absolute Gasteiger partial charge is 0.481 e. The Hall–Kier alpha value is -1.88. The number of ether oxygens (including phenoxy) is 1. The minimum Gasteiger partial charge on any atom is -0.481 e. The van der Waals surface area contributed by atoms with Crippen LogP contribution >= 0.6 is 0 Å². The molecule has 0 aromatic heterocycles. The number of hydrogen-bond acceptors (Lipinski definition) is 4. The van der Waals surface area contributed by atoms with Gasteiger partial charge < -0.3 is 15.2 Å². The van der Waals surface area contributed by atoms with Gasteiger partial charge in [-0.2, -0.15) is 0 Å². The summed E-state index contributed by atoms with van der Waals surface area (Å²) in [5.74, 6) is -1.15. The Kier molecular flexibility index (Phi) is 5.32. The Morgan fingerprint density at radius 1 is 1.28 bits per heavy atom. The molecule has 0 fully saturated rings. The summed E-state index contributed by atoms with van der Waals surface area (Å²) in [6, 6.07) is 6.86. The van der Waals surface area contributed by atoms with E-state index in [-0.39, 0.29) is 18.4 Å². The number of carbonyl (C=O) groups is 2. The highest BCUT2D eigenvalue weighted by atomic mass is 16.5. The molecule has 5 heteroatoms. The van der Waals surface area contributed by atoms with Gasteiger partial charge >= 0.3 is 11.9 Å². The fourth-order valence-electron chi connectivity index (χ4n) is 1.48. The molecule has 5 nitrogen and oxygen atoms in total. The monoisotopic (exact) mass is 251 g/mol. The Bertz CT molecular complexity index is 414. The van der Waals surface area contributed by atoms with Crippen molar-refractivity contribution in [1.29, 1.82) is 0 Å². The van der Waals surface area contributed by atoms with Crippen molar-refractivity contribution in [3.05, 3.63) is 35.4 Å². The summed E-state index contributed by atoms with van der Waals surface area (Å²) in [6.07, 6.45) is 0.0201. The van der Waals surface area contributed by atoms with Gasteiger partial charge in [0.05, 0.1) is 13.5 Å². The molecule has 1 rings (SSSR count). The van der Waals surface area contributed by atoms with Crippen molar-refractivity contribution in [3.63, 3.8) is 0 Å². The van der Waals surface area contributed by atoms with Crippen molar-refractivity contribution < 1.29 is 19.4 Å². The molecule has 0 saturated heterocycles. The zero-order valence-electron chi connectivity index (χ0n) is 10.5. The van der Waals surface area contributed by atoms with E-state index in [9.17, 15) is 9.59 Å². The molecular formula is C13H17NO4. The number of nitrogens with one attached hydrogen (secondary N) is 1. The highest BCUT2D eigenvalue weighted by Gasteiger charge is 2.11. The van der Waals surface area contributed by atoms with Gasteiger partial charge in [0.1, 0.15) is 6.04 Å². The molecule has 1 aromatic carbocycles. The SMILES string of the molecule is COC(=O)C(C)NCc1ccc(CC(=O)O)cc1. The average Bonchev–Trinajstić information content (AvgIpc) is 2.36. The number of rotatable bonds is 6. The number of carboxylic acids is 1. The second kappa shape index (κ2) is 6.76. The molecule has 0 amide bonds. The molecule has 0 aliphatic heterocycles. The molecule has 2 N–H and O–H groups in total. The first-order chi connectivity index (χ1) is 8.52. The molecule has 1 unspecified atom stereocenters. The zero-order chi connectivity index (χ0) is 13.5. The highest BCUT2D eigenvalue weighted by Crippen LogP contribution is 2.05. The van der Waals surface area contributed by atoms with E-state index < -0.39 is 5.97 Å². The summed E-state index contributed by atoms with van der Waals surface area (Å²) in [7, 11) is 1.35. The first-order valence-corrected chi connectivity index (χ1v) is 5.63.